The SMILES string of the molecule is CCC(C)NC(=O)C(CC)N(Cc1cccc(OC)c1)C(=O)CN(c1ccc(F)cc1)S(=O)(=O)c1ccccc1. The van der Waals surface area contributed by atoms with Gasteiger partial charge >= 0.3 is 0 Å². The Kier molecular flexibility index (Phi) is 10.7. The molecule has 40 heavy (non-hydrogen) atoms. The third-order valence-electron chi connectivity index (χ3n) is 6.60. The number of sulfonamides is 1. The van der Waals surface area contributed by atoms with Crippen LogP contribution in [0.2, 0.25) is 0 Å². The van der Waals surface area contributed by atoms with Crippen LogP contribution < -0.4 is 14.4 Å². The van der Waals surface area contributed by atoms with Gasteiger partial charge in [0.2, 0.25) is 11.8 Å². The van der Waals surface area contributed by atoms with Gasteiger partial charge in [0.05, 0.1) is 17.7 Å². The van der Waals surface area contributed by atoms with Crippen molar-refractivity contribution < 1.29 is 27.1 Å². The molecular formula is C30H36FN3O5S. The minimum Gasteiger partial charge on any atom is -0.497 e. The lowest BCUT2D eigenvalue weighted by atomic mass is 10.1. The normalized spacial score (nSPS) is 12.7. The summed E-state index contributed by atoms with van der Waals surface area (Å²) >= 11 is 0. The maximum Gasteiger partial charge on any atom is 0.264 e. The summed E-state index contributed by atoms with van der Waals surface area (Å²) < 4.78 is 47.5. The average Bonchev–Trinajstić information content (AvgIpc) is 2.96. The van der Waals surface area contributed by atoms with Gasteiger partial charge in [-0.15, -0.1) is 0 Å². The number of rotatable bonds is 13. The Labute approximate surface area is 235 Å². The van der Waals surface area contributed by atoms with Gasteiger partial charge in [0.1, 0.15) is 24.2 Å². The topological polar surface area (TPSA) is 96.0 Å². The highest BCUT2D eigenvalue weighted by Gasteiger charge is 2.34. The first kappa shape index (κ1) is 30.6. The van der Waals surface area contributed by atoms with Crippen molar-refractivity contribution in [3.8, 4) is 5.75 Å². The number of carbonyl (C=O) groups excluding carboxylic acids is 2. The predicted octanol–water partition coefficient (Wildman–Crippen LogP) is 4.75. The molecule has 2 atom stereocenters. The molecule has 0 saturated heterocycles. The van der Waals surface area contributed by atoms with Crippen molar-refractivity contribution in [3.63, 3.8) is 0 Å². The average molecular weight is 570 g/mol. The van der Waals surface area contributed by atoms with Crippen LogP contribution in [0.3, 0.4) is 0 Å². The Balaban J connectivity index is 2.05. The van der Waals surface area contributed by atoms with E-state index in [0.29, 0.717) is 24.2 Å². The predicted molar refractivity (Wildman–Crippen MR) is 153 cm³/mol. The second-order valence-corrected chi connectivity index (χ2v) is 11.3. The molecule has 0 aliphatic carbocycles. The second kappa shape index (κ2) is 13.9. The third kappa shape index (κ3) is 7.59. The molecule has 2 unspecified atom stereocenters. The number of carbonyl (C=O) groups is 2. The van der Waals surface area contributed by atoms with E-state index in [0.717, 1.165) is 16.4 Å². The van der Waals surface area contributed by atoms with Crippen molar-refractivity contribution in [1.82, 2.24) is 10.2 Å². The summed E-state index contributed by atoms with van der Waals surface area (Å²) in [6.07, 6.45) is 1.01. The third-order valence-corrected chi connectivity index (χ3v) is 8.39. The van der Waals surface area contributed by atoms with Gasteiger partial charge in [0.25, 0.3) is 10.0 Å². The molecule has 2 amide bonds. The molecule has 0 fully saturated rings. The van der Waals surface area contributed by atoms with E-state index in [4.69, 9.17) is 4.74 Å². The smallest absolute Gasteiger partial charge is 0.264 e. The van der Waals surface area contributed by atoms with Crippen LogP contribution in [0.5, 0.6) is 5.75 Å². The standard InChI is InChI=1S/C30H36FN3O5S/c1-5-22(3)32-30(36)28(6-2)33(20-23-11-10-12-26(19-23)39-4)29(35)21-34(25-17-15-24(31)16-18-25)40(37,38)27-13-8-7-9-14-27/h7-19,22,28H,5-6,20-21H2,1-4H3,(H,32,36). The van der Waals surface area contributed by atoms with E-state index in [1.54, 1.807) is 49.4 Å². The minimum absolute atomic E-state index is 0.0203. The van der Waals surface area contributed by atoms with E-state index in [1.807, 2.05) is 13.8 Å². The molecule has 214 valence electrons. The first-order valence-electron chi connectivity index (χ1n) is 13.2. The Hall–Kier alpha value is -3.92. The zero-order valence-electron chi connectivity index (χ0n) is 23.2. The molecule has 0 aliphatic heterocycles. The van der Waals surface area contributed by atoms with E-state index in [9.17, 15) is 22.4 Å². The van der Waals surface area contributed by atoms with Gasteiger partial charge in [-0.05, 0) is 73.9 Å². The van der Waals surface area contributed by atoms with Crippen LogP contribution in [0, 0.1) is 5.82 Å². The minimum atomic E-state index is -4.21. The molecule has 0 radical (unpaired) electrons. The van der Waals surface area contributed by atoms with E-state index in [-0.39, 0.29) is 29.1 Å². The molecule has 0 spiro atoms. The first-order chi connectivity index (χ1) is 19.1. The Morgan fingerprint density at radius 2 is 1.62 bits per heavy atom. The number of methoxy groups -OCH3 is 1. The van der Waals surface area contributed by atoms with Crippen LogP contribution in [0.25, 0.3) is 0 Å². The number of halogens is 1. The molecule has 3 aromatic carbocycles. The first-order valence-corrected chi connectivity index (χ1v) is 14.6. The van der Waals surface area contributed by atoms with Crippen LogP contribution in [-0.4, -0.2) is 50.9 Å². The highest BCUT2D eigenvalue weighted by atomic mass is 32.2. The zero-order chi connectivity index (χ0) is 29.3. The van der Waals surface area contributed by atoms with E-state index in [1.165, 1.54) is 36.3 Å². The van der Waals surface area contributed by atoms with E-state index < -0.39 is 34.3 Å². The molecular weight excluding hydrogens is 533 g/mol. The second-order valence-electron chi connectivity index (χ2n) is 9.42. The fourth-order valence-electron chi connectivity index (χ4n) is 4.18. The summed E-state index contributed by atoms with van der Waals surface area (Å²) in [6.45, 7) is 5.07. The Morgan fingerprint density at radius 1 is 0.950 bits per heavy atom. The number of anilines is 1. The van der Waals surface area contributed by atoms with Gasteiger partial charge in [-0.3, -0.25) is 13.9 Å². The van der Waals surface area contributed by atoms with Crippen LogP contribution in [0.15, 0.2) is 83.8 Å². The molecule has 0 aromatic heterocycles. The number of ether oxygens (including phenoxy) is 1. The lowest BCUT2D eigenvalue weighted by Crippen LogP contribution is -2.53. The summed E-state index contributed by atoms with van der Waals surface area (Å²) in [7, 11) is -2.68. The van der Waals surface area contributed by atoms with E-state index >= 15 is 0 Å². The molecule has 10 heteroatoms. The highest BCUT2D eigenvalue weighted by molar-refractivity contribution is 7.92. The number of hydrogen-bond donors (Lipinski definition) is 1. The lowest BCUT2D eigenvalue weighted by molar-refractivity contribution is -0.140. The number of benzene rings is 3. The molecule has 0 bridgehead atoms. The molecule has 3 rings (SSSR count). The fraction of sp³-hybridized carbons (Fsp3) is 0.333. The van der Waals surface area contributed by atoms with Gasteiger partial charge in [0, 0.05) is 12.6 Å². The molecule has 1 N–H and O–H groups in total. The van der Waals surface area contributed by atoms with Gasteiger partial charge < -0.3 is 15.0 Å². The monoisotopic (exact) mass is 569 g/mol. The van der Waals surface area contributed by atoms with Crippen LogP contribution in [-0.2, 0) is 26.2 Å². The molecule has 0 saturated carbocycles. The summed E-state index contributed by atoms with van der Waals surface area (Å²) in [5, 5.41) is 2.94. The fourth-order valence-corrected chi connectivity index (χ4v) is 5.62. The highest BCUT2D eigenvalue weighted by Crippen LogP contribution is 2.25. The van der Waals surface area contributed by atoms with Crippen molar-refractivity contribution in [1.29, 1.82) is 0 Å². The van der Waals surface area contributed by atoms with Crippen LogP contribution in [0.4, 0.5) is 10.1 Å². The van der Waals surface area contributed by atoms with Crippen molar-refractivity contribution in [2.24, 2.45) is 0 Å². The number of nitrogens with one attached hydrogen (secondary N) is 1. The van der Waals surface area contributed by atoms with Gasteiger partial charge in [-0.2, -0.15) is 0 Å². The molecule has 0 heterocycles. The van der Waals surface area contributed by atoms with Crippen molar-refractivity contribution in [2.45, 2.75) is 57.1 Å². The van der Waals surface area contributed by atoms with E-state index in [2.05, 4.69) is 5.32 Å². The van der Waals surface area contributed by atoms with Gasteiger partial charge in [0.15, 0.2) is 0 Å². The maximum absolute atomic E-state index is 14.0. The molecule has 8 nitrogen and oxygen atoms in total. The summed E-state index contributed by atoms with van der Waals surface area (Å²) in [4.78, 5) is 28.7. The lowest BCUT2D eigenvalue weighted by Gasteiger charge is -2.33. The van der Waals surface area contributed by atoms with Gasteiger partial charge in [-0.25, -0.2) is 12.8 Å². The van der Waals surface area contributed by atoms with Crippen molar-refractivity contribution >= 4 is 27.5 Å². The largest absolute Gasteiger partial charge is 0.497 e. The Morgan fingerprint density at radius 3 is 2.23 bits per heavy atom. The van der Waals surface area contributed by atoms with Crippen LogP contribution >= 0.6 is 0 Å². The number of nitrogens with zero attached hydrogens (tertiary/aromatic N) is 2. The summed E-state index contributed by atoms with van der Waals surface area (Å²) in [5.74, 6) is -0.869. The quantitative estimate of drug-likeness (QED) is 0.321. The number of hydrogen-bond acceptors (Lipinski definition) is 5. The maximum atomic E-state index is 14.0. The summed E-state index contributed by atoms with van der Waals surface area (Å²) in [5.41, 5.74) is 0.832. The van der Waals surface area contributed by atoms with Crippen molar-refractivity contribution in [3.05, 3.63) is 90.2 Å². The zero-order valence-corrected chi connectivity index (χ0v) is 24.0. The van der Waals surface area contributed by atoms with Crippen molar-refractivity contribution in [2.75, 3.05) is 18.0 Å². The summed E-state index contributed by atoms with van der Waals surface area (Å²) in [6, 6.07) is 18.7. The van der Waals surface area contributed by atoms with Crippen LogP contribution in [0.1, 0.15) is 39.2 Å². The Bertz CT molecular complexity index is 1380. The number of amides is 2. The molecule has 3 aromatic rings. The van der Waals surface area contributed by atoms with Gasteiger partial charge in [-0.1, -0.05) is 44.2 Å². The molecule has 0 aliphatic rings.